The van der Waals surface area contributed by atoms with Crippen LogP contribution in [0, 0.1) is 5.92 Å². The number of benzene rings is 1. The Morgan fingerprint density at radius 2 is 1.86 bits per heavy atom. The number of likely N-dealkylation sites (tertiary alicyclic amines) is 1. The molecule has 1 atom stereocenters. The van der Waals surface area contributed by atoms with Crippen LogP contribution in [0.5, 0.6) is 0 Å². The van der Waals surface area contributed by atoms with Gasteiger partial charge < -0.3 is 15.5 Å². The fourth-order valence-corrected chi connectivity index (χ4v) is 5.58. The Bertz CT molecular complexity index is 793. The highest BCUT2D eigenvalue weighted by molar-refractivity contribution is 14.0. The van der Waals surface area contributed by atoms with Gasteiger partial charge in [-0.2, -0.15) is 0 Å². The van der Waals surface area contributed by atoms with Crippen molar-refractivity contribution in [2.75, 3.05) is 38.2 Å². The molecule has 1 aromatic carbocycles. The van der Waals surface area contributed by atoms with Crippen LogP contribution in [0.15, 0.2) is 35.3 Å². The molecule has 2 saturated heterocycles. The predicted octanol–water partition coefficient (Wildman–Crippen LogP) is 1.44. The third-order valence-electron chi connectivity index (χ3n) is 5.54. The second-order valence-electron chi connectivity index (χ2n) is 7.68. The third kappa shape index (κ3) is 7.44. The monoisotopic (exact) mass is 534 g/mol. The van der Waals surface area contributed by atoms with E-state index in [2.05, 4.69) is 39.9 Å². The topological polar surface area (TPSA) is 90.9 Å². The zero-order valence-corrected chi connectivity index (χ0v) is 20.0. The number of rotatable bonds is 5. The van der Waals surface area contributed by atoms with Crippen LogP contribution in [-0.2, 0) is 21.1 Å². The summed E-state index contributed by atoms with van der Waals surface area (Å²) < 4.78 is 23.1. The van der Waals surface area contributed by atoms with E-state index >= 15 is 0 Å². The molecule has 1 amide bonds. The van der Waals surface area contributed by atoms with Gasteiger partial charge in [0.2, 0.25) is 5.91 Å². The van der Waals surface area contributed by atoms with Crippen molar-refractivity contribution < 1.29 is 13.2 Å². The molecule has 0 aliphatic carbocycles. The van der Waals surface area contributed by atoms with Crippen molar-refractivity contribution in [2.24, 2.45) is 10.9 Å². The molecule has 0 spiro atoms. The van der Waals surface area contributed by atoms with Gasteiger partial charge in [0.15, 0.2) is 15.8 Å². The normalized spacial score (nSPS) is 22.0. The van der Waals surface area contributed by atoms with Crippen LogP contribution in [0.2, 0.25) is 0 Å². The summed E-state index contributed by atoms with van der Waals surface area (Å²) in [6.07, 6.45) is 3.69. The van der Waals surface area contributed by atoms with Gasteiger partial charge in [0, 0.05) is 26.2 Å². The van der Waals surface area contributed by atoms with Gasteiger partial charge in [0.05, 0.1) is 18.1 Å². The summed E-state index contributed by atoms with van der Waals surface area (Å²) in [6, 6.07) is 10.4. The minimum Gasteiger partial charge on any atom is -0.353 e. The van der Waals surface area contributed by atoms with Crippen molar-refractivity contribution >= 4 is 45.7 Å². The summed E-state index contributed by atoms with van der Waals surface area (Å²) in [5, 5.41) is 6.13. The van der Waals surface area contributed by atoms with Gasteiger partial charge in [-0.1, -0.05) is 30.3 Å². The summed E-state index contributed by atoms with van der Waals surface area (Å²) in [5.74, 6) is 1.49. The van der Waals surface area contributed by atoms with E-state index in [9.17, 15) is 13.2 Å². The zero-order valence-electron chi connectivity index (χ0n) is 16.8. The number of carbonyl (C=O) groups excluding carboxylic acids is 1. The van der Waals surface area contributed by atoms with E-state index in [1.807, 2.05) is 11.0 Å². The Balaban J connectivity index is 0.00000300. The van der Waals surface area contributed by atoms with Gasteiger partial charge in [-0.25, -0.2) is 8.42 Å². The number of aliphatic imine (C=N–C) groups is 1. The van der Waals surface area contributed by atoms with Crippen LogP contribution in [0.4, 0.5) is 0 Å². The van der Waals surface area contributed by atoms with Gasteiger partial charge in [0.1, 0.15) is 0 Å². The first kappa shape index (κ1) is 23.9. The minimum absolute atomic E-state index is 0. The van der Waals surface area contributed by atoms with Crippen LogP contribution in [0.1, 0.15) is 24.8 Å². The van der Waals surface area contributed by atoms with Gasteiger partial charge in [-0.05, 0) is 37.2 Å². The van der Waals surface area contributed by atoms with E-state index in [-0.39, 0.29) is 54.0 Å². The van der Waals surface area contributed by atoms with Crippen LogP contribution in [0.3, 0.4) is 0 Å². The number of guanidine groups is 1. The average molecular weight is 534 g/mol. The molecule has 7 nitrogen and oxygen atoms in total. The van der Waals surface area contributed by atoms with E-state index < -0.39 is 9.84 Å². The molecule has 0 bridgehead atoms. The second-order valence-corrected chi connectivity index (χ2v) is 9.91. The van der Waals surface area contributed by atoms with Crippen LogP contribution < -0.4 is 10.6 Å². The maximum Gasteiger partial charge on any atom is 0.241 e. The van der Waals surface area contributed by atoms with Gasteiger partial charge in [-0.15, -0.1) is 24.0 Å². The summed E-state index contributed by atoms with van der Waals surface area (Å²) >= 11 is 0. The van der Waals surface area contributed by atoms with Crippen molar-refractivity contribution in [3.63, 3.8) is 0 Å². The smallest absolute Gasteiger partial charge is 0.241 e. The molecule has 162 valence electrons. The molecule has 3 rings (SSSR count). The predicted molar refractivity (Wildman–Crippen MR) is 126 cm³/mol. The highest BCUT2D eigenvalue weighted by Gasteiger charge is 2.28. The van der Waals surface area contributed by atoms with Gasteiger partial charge >= 0.3 is 0 Å². The molecule has 0 radical (unpaired) electrons. The molecular weight excluding hydrogens is 503 g/mol. The molecular formula is C20H31IN4O3S. The molecule has 1 unspecified atom stereocenters. The summed E-state index contributed by atoms with van der Waals surface area (Å²) in [6.45, 7) is 1.73. The van der Waals surface area contributed by atoms with Gasteiger partial charge in [-0.3, -0.25) is 9.79 Å². The molecule has 2 fully saturated rings. The maximum absolute atomic E-state index is 12.5. The Kier molecular flexibility index (Phi) is 9.19. The molecule has 2 N–H and O–H groups in total. The molecule has 29 heavy (non-hydrogen) atoms. The van der Waals surface area contributed by atoms with Crippen molar-refractivity contribution in [1.82, 2.24) is 15.5 Å². The quantitative estimate of drug-likeness (QED) is 0.339. The lowest BCUT2D eigenvalue weighted by molar-refractivity contribution is -0.131. The number of sulfone groups is 1. The number of nitrogens with one attached hydrogen (secondary N) is 2. The van der Waals surface area contributed by atoms with Crippen LogP contribution in [0.25, 0.3) is 0 Å². The van der Waals surface area contributed by atoms with Crippen molar-refractivity contribution in [3.8, 4) is 0 Å². The van der Waals surface area contributed by atoms with Crippen LogP contribution in [-0.4, -0.2) is 69.4 Å². The molecule has 2 aliphatic rings. The van der Waals surface area contributed by atoms with E-state index in [4.69, 9.17) is 0 Å². The lowest BCUT2D eigenvalue weighted by Crippen LogP contribution is -2.49. The first-order valence-electron chi connectivity index (χ1n) is 9.94. The summed E-state index contributed by atoms with van der Waals surface area (Å²) in [7, 11) is -1.32. The largest absolute Gasteiger partial charge is 0.353 e. The first-order valence-corrected chi connectivity index (χ1v) is 11.8. The number of halogens is 1. The van der Waals surface area contributed by atoms with Crippen LogP contribution >= 0.6 is 24.0 Å². The number of hydrogen-bond acceptors (Lipinski definition) is 4. The van der Waals surface area contributed by atoms with E-state index in [0.29, 0.717) is 18.3 Å². The Morgan fingerprint density at radius 1 is 1.17 bits per heavy atom. The molecule has 2 heterocycles. The van der Waals surface area contributed by atoms with Gasteiger partial charge in [0.25, 0.3) is 0 Å². The SMILES string of the molecule is CN=C(NCC(=O)N1CCC(Cc2ccccc2)CC1)NC1CCS(=O)(=O)C1.I. The number of amides is 1. The molecule has 9 heteroatoms. The lowest BCUT2D eigenvalue weighted by Gasteiger charge is -2.32. The highest BCUT2D eigenvalue weighted by atomic mass is 127. The fourth-order valence-electron chi connectivity index (χ4n) is 3.90. The minimum atomic E-state index is -2.95. The Morgan fingerprint density at radius 3 is 2.45 bits per heavy atom. The van der Waals surface area contributed by atoms with E-state index in [1.54, 1.807) is 7.05 Å². The van der Waals surface area contributed by atoms with E-state index in [1.165, 1.54) is 5.56 Å². The Hall–Kier alpha value is -1.36. The van der Waals surface area contributed by atoms with E-state index in [0.717, 1.165) is 32.4 Å². The molecule has 1 aromatic rings. The number of carbonyl (C=O) groups is 1. The lowest BCUT2D eigenvalue weighted by atomic mass is 9.90. The number of hydrogen-bond donors (Lipinski definition) is 2. The van der Waals surface area contributed by atoms with Crippen molar-refractivity contribution in [1.29, 1.82) is 0 Å². The third-order valence-corrected chi connectivity index (χ3v) is 7.31. The number of nitrogens with zero attached hydrogens (tertiary/aromatic N) is 2. The molecule has 2 aliphatic heterocycles. The zero-order chi connectivity index (χ0) is 20.0. The highest BCUT2D eigenvalue weighted by Crippen LogP contribution is 2.21. The summed E-state index contributed by atoms with van der Waals surface area (Å²) in [4.78, 5) is 18.5. The summed E-state index contributed by atoms with van der Waals surface area (Å²) in [5.41, 5.74) is 1.36. The molecule has 0 aromatic heterocycles. The van der Waals surface area contributed by atoms with Crippen molar-refractivity contribution in [3.05, 3.63) is 35.9 Å². The fraction of sp³-hybridized carbons (Fsp3) is 0.600. The maximum atomic E-state index is 12.5. The standard InChI is InChI=1S/C20H30N4O3S.HI/c1-21-20(23-18-9-12-28(26,27)15-18)22-14-19(25)24-10-7-17(8-11-24)13-16-5-3-2-4-6-16;/h2-6,17-18H,7-15H2,1H3,(H2,21,22,23);1H. The van der Waals surface area contributed by atoms with Crippen molar-refractivity contribution in [2.45, 2.75) is 31.7 Å². The number of piperidine rings is 1. The second kappa shape index (κ2) is 11.1. The molecule has 0 saturated carbocycles. The Labute approximate surface area is 190 Å². The first-order chi connectivity index (χ1) is 13.4. The average Bonchev–Trinajstić information content (AvgIpc) is 3.04.